The predicted molar refractivity (Wildman–Crippen MR) is 83.1 cm³/mol. The molecule has 0 aliphatic rings. The van der Waals surface area contributed by atoms with E-state index < -0.39 is 0 Å². The molecule has 0 aromatic heterocycles. The lowest BCUT2D eigenvalue weighted by molar-refractivity contribution is -0.145. The lowest BCUT2D eigenvalue weighted by Crippen LogP contribution is -2.40. The average Bonchev–Trinajstić information content (AvgIpc) is 2.51. The maximum Gasteiger partial charge on any atom is 0.321 e. The summed E-state index contributed by atoms with van der Waals surface area (Å²) in [5.74, 6) is -0.641. The molecule has 1 atom stereocenters. The number of benzene rings is 1. The Morgan fingerprint density at radius 3 is 2.52 bits per heavy atom. The van der Waals surface area contributed by atoms with Crippen molar-refractivity contribution in [1.29, 1.82) is 0 Å². The third-order valence-corrected chi connectivity index (χ3v) is 3.19. The Labute approximate surface area is 126 Å². The van der Waals surface area contributed by atoms with Crippen LogP contribution < -0.4 is 5.32 Å². The zero-order chi connectivity index (χ0) is 15.7. The smallest absolute Gasteiger partial charge is 0.321 e. The van der Waals surface area contributed by atoms with E-state index in [-0.39, 0.29) is 17.9 Å². The van der Waals surface area contributed by atoms with E-state index in [4.69, 9.17) is 4.74 Å². The number of unbranched alkanes of at least 4 members (excludes halogenated alkanes) is 1. The van der Waals surface area contributed by atoms with Crippen LogP contribution in [0.4, 0.5) is 10.5 Å². The van der Waals surface area contributed by atoms with E-state index in [1.165, 1.54) is 7.11 Å². The molecule has 0 saturated heterocycles. The molecule has 5 nitrogen and oxygen atoms in total. The Morgan fingerprint density at radius 2 is 1.95 bits per heavy atom. The summed E-state index contributed by atoms with van der Waals surface area (Å²) >= 11 is 0. The molecule has 1 N–H and O–H groups in total. The molecule has 0 saturated carbocycles. The number of nitrogens with one attached hydrogen (secondary N) is 1. The van der Waals surface area contributed by atoms with Crippen LogP contribution in [-0.2, 0) is 9.53 Å². The second-order valence-corrected chi connectivity index (χ2v) is 5.02. The van der Waals surface area contributed by atoms with E-state index in [1.54, 1.807) is 11.8 Å². The van der Waals surface area contributed by atoms with E-state index in [1.807, 2.05) is 30.3 Å². The Bertz CT molecular complexity index is 448. The van der Waals surface area contributed by atoms with Gasteiger partial charge in [0.05, 0.1) is 13.0 Å². The van der Waals surface area contributed by atoms with Gasteiger partial charge in [-0.25, -0.2) is 4.79 Å². The second-order valence-electron chi connectivity index (χ2n) is 5.02. The van der Waals surface area contributed by atoms with Gasteiger partial charge in [0.25, 0.3) is 0 Å². The van der Waals surface area contributed by atoms with Crippen molar-refractivity contribution in [2.24, 2.45) is 5.92 Å². The SMILES string of the molecule is CCCCN(CC(C)C(=O)OC)C(=O)Nc1ccccc1. The number of hydrogen-bond acceptors (Lipinski definition) is 3. The summed E-state index contributed by atoms with van der Waals surface area (Å²) < 4.78 is 4.72. The molecule has 0 heterocycles. The highest BCUT2D eigenvalue weighted by Gasteiger charge is 2.21. The van der Waals surface area contributed by atoms with Gasteiger partial charge in [-0.05, 0) is 18.6 Å². The van der Waals surface area contributed by atoms with E-state index in [0.29, 0.717) is 13.1 Å². The topological polar surface area (TPSA) is 58.6 Å². The molecule has 116 valence electrons. The number of esters is 1. The lowest BCUT2D eigenvalue weighted by Gasteiger charge is -2.25. The molecule has 1 aromatic carbocycles. The van der Waals surface area contributed by atoms with E-state index in [0.717, 1.165) is 18.5 Å². The van der Waals surface area contributed by atoms with Crippen LogP contribution in [0.5, 0.6) is 0 Å². The fourth-order valence-electron chi connectivity index (χ4n) is 1.96. The fraction of sp³-hybridized carbons (Fsp3) is 0.500. The summed E-state index contributed by atoms with van der Waals surface area (Å²) in [4.78, 5) is 25.5. The van der Waals surface area contributed by atoms with Crippen molar-refractivity contribution in [2.75, 3.05) is 25.5 Å². The standard InChI is InChI=1S/C16H24N2O3/c1-4-5-11-18(12-13(2)15(19)21-3)16(20)17-14-9-7-6-8-10-14/h6-10,13H,4-5,11-12H2,1-3H3,(H,17,20). The van der Waals surface area contributed by atoms with Gasteiger partial charge in [-0.1, -0.05) is 38.5 Å². The largest absolute Gasteiger partial charge is 0.469 e. The van der Waals surface area contributed by atoms with Gasteiger partial charge in [-0.15, -0.1) is 0 Å². The third-order valence-electron chi connectivity index (χ3n) is 3.19. The van der Waals surface area contributed by atoms with Gasteiger partial charge in [-0.2, -0.15) is 0 Å². The Kier molecular flexibility index (Phi) is 7.29. The number of ether oxygens (including phenoxy) is 1. The minimum atomic E-state index is -0.339. The minimum absolute atomic E-state index is 0.189. The molecular weight excluding hydrogens is 268 g/mol. The van der Waals surface area contributed by atoms with Crippen LogP contribution in [0.2, 0.25) is 0 Å². The van der Waals surface area contributed by atoms with Crippen LogP contribution in [0.1, 0.15) is 26.7 Å². The lowest BCUT2D eigenvalue weighted by atomic mass is 10.1. The molecule has 1 unspecified atom stereocenters. The van der Waals surface area contributed by atoms with E-state index in [9.17, 15) is 9.59 Å². The van der Waals surface area contributed by atoms with Crippen molar-refractivity contribution < 1.29 is 14.3 Å². The van der Waals surface area contributed by atoms with E-state index >= 15 is 0 Å². The van der Waals surface area contributed by atoms with Gasteiger partial charge in [0.1, 0.15) is 0 Å². The highest BCUT2D eigenvalue weighted by molar-refractivity contribution is 5.89. The van der Waals surface area contributed by atoms with Gasteiger partial charge >= 0.3 is 12.0 Å². The van der Waals surface area contributed by atoms with Crippen molar-refractivity contribution in [2.45, 2.75) is 26.7 Å². The maximum atomic E-state index is 12.3. The number of carbonyl (C=O) groups is 2. The van der Waals surface area contributed by atoms with Crippen LogP contribution in [0.15, 0.2) is 30.3 Å². The molecular formula is C16H24N2O3. The first-order valence-corrected chi connectivity index (χ1v) is 7.27. The normalized spacial score (nSPS) is 11.6. The van der Waals surface area contributed by atoms with Crippen molar-refractivity contribution in [1.82, 2.24) is 4.90 Å². The number of nitrogens with zero attached hydrogens (tertiary/aromatic N) is 1. The quantitative estimate of drug-likeness (QED) is 0.785. The first-order valence-electron chi connectivity index (χ1n) is 7.27. The zero-order valence-electron chi connectivity index (χ0n) is 13.0. The molecule has 0 spiro atoms. The Morgan fingerprint density at radius 1 is 1.29 bits per heavy atom. The summed E-state index contributed by atoms with van der Waals surface area (Å²) in [6, 6.07) is 9.10. The zero-order valence-corrected chi connectivity index (χ0v) is 13.0. The van der Waals surface area contributed by atoms with Crippen molar-refractivity contribution in [3.8, 4) is 0 Å². The summed E-state index contributed by atoms with van der Waals surface area (Å²) in [6.45, 7) is 4.80. The van der Waals surface area contributed by atoms with Crippen LogP contribution in [0.25, 0.3) is 0 Å². The molecule has 1 aromatic rings. The van der Waals surface area contributed by atoms with Gasteiger partial charge in [0.2, 0.25) is 0 Å². The highest BCUT2D eigenvalue weighted by atomic mass is 16.5. The first kappa shape index (κ1) is 17.0. The molecule has 0 bridgehead atoms. The monoisotopic (exact) mass is 292 g/mol. The van der Waals surface area contributed by atoms with Gasteiger partial charge in [-0.3, -0.25) is 4.79 Å². The van der Waals surface area contributed by atoms with Crippen molar-refractivity contribution in [3.63, 3.8) is 0 Å². The first-order chi connectivity index (χ1) is 10.1. The molecule has 21 heavy (non-hydrogen) atoms. The minimum Gasteiger partial charge on any atom is -0.469 e. The van der Waals surface area contributed by atoms with E-state index in [2.05, 4.69) is 12.2 Å². The number of amides is 2. The number of anilines is 1. The van der Waals surface area contributed by atoms with Crippen LogP contribution in [0, 0.1) is 5.92 Å². The molecule has 0 aliphatic heterocycles. The maximum absolute atomic E-state index is 12.3. The predicted octanol–water partition coefficient (Wildman–Crippen LogP) is 3.13. The fourth-order valence-corrected chi connectivity index (χ4v) is 1.96. The third kappa shape index (κ3) is 5.85. The van der Waals surface area contributed by atoms with Crippen molar-refractivity contribution >= 4 is 17.7 Å². The van der Waals surface area contributed by atoms with Crippen LogP contribution >= 0.6 is 0 Å². The van der Waals surface area contributed by atoms with Crippen LogP contribution in [0.3, 0.4) is 0 Å². The van der Waals surface area contributed by atoms with Gasteiger partial charge in [0, 0.05) is 18.8 Å². The molecule has 5 heteroatoms. The highest BCUT2D eigenvalue weighted by Crippen LogP contribution is 2.10. The molecule has 0 aliphatic carbocycles. The number of hydrogen-bond donors (Lipinski definition) is 1. The number of methoxy groups -OCH3 is 1. The van der Waals surface area contributed by atoms with Gasteiger partial charge < -0.3 is 15.0 Å². The summed E-state index contributed by atoms with van der Waals surface area (Å²) in [6.07, 6.45) is 1.89. The summed E-state index contributed by atoms with van der Waals surface area (Å²) in [5, 5.41) is 2.85. The molecule has 0 fully saturated rings. The van der Waals surface area contributed by atoms with Crippen molar-refractivity contribution in [3.05, 3.63) is 30.3 Å². The Hall–Kier alpha value is -2.04. The number of urea groups is 1. The average molecular weight is 292 g/mol. The number of carbonyl (C=O) groups excluding carboxylic acids is 2. The molecule has 2 amide bonds. The molecule has 1 rings (SSSR count). The van der Waals surface area contributed by atoms with Crippen LogP contribution in [-0.4, -0.2) is 37.1 Å². The number of para-hydroxylation sites is 1. The molecule has 0 radical (unpaired) electrons. The van der Waals surface area contributed by atoms with Gasteiger partial charge in [0.15, 0.2) is 0 Å². The summed E-state index contributed by atoms with van der Waals surface area (Å²) in [5.41, 5.74) is 0.745. The summed E-state index contributed by atoms with van der Waals surface area (Å²) in [7, 11) is 1.36. The second kappa shape index (κ2) is 9.00. The Balaban J connectivity index is 2.67. The number of rotatable bonds is 7.